The first-order valence-electron chi connectivity index (χ1n) is 9.20. The molecule has 0 radical (unpaired) electrons. The van der Waals surface area contributed by atoms with Gasteiger partial charge < -0.3 is 20.3 Å². The molecule has 2 heterocycles. The molecule has 2 saturated heterocycles. The summed E-state index contributed by atoms with van der Waals surface area (Å²) in [5.41, 5.74) is 0.694. The van der Waals surface area contributed by atoms with E-state index in [1.807, 2.05) is 29.2 Å². The van der Waals surface area contributed by atoms with Crippen molar-refractivity contribution >= 4 is 36.0 Å². The molecular formula is C19H28ClN3O3S. The zero-order valence-electron chi connectivity index (χ0n) is 15.6. The summed E-state index contributed by atoms with van der Waals surface area (Å²) in [5, 5.41) is 6.41. The number of thioether (sulfide) groups is 1. The van der Waals surface area contributed by atoms with Crippen molar-refractivity contribution in [2.75, 3.05) is 39.1 Å². The summed E-state index contributed by atoms with van der Waals surface area (Å²) in [4.78, 5) is 27.8. The van der Waals surface area contributed by atoms with E-state index in [1.54, 1.807) is 7.11 Å². The summed E-state index contributed by atoms with van der Waals surface area (Å²) in [5.74, 6) is 0.313. The van der Waals surface area contributed by atoms with E-state index in [4.69, 9.17) is 4.74 Å². The second-order valence-electron chi connectivity index (χ2n) is 6.81. The van der Waals surface area contributed by atoms with E-state index in [1.165, 1.54) is 18.2 Å². The van der Waals surface area contributed by atoms with Crippen molar-refractivity contribution in [2.45, 2.75) is 36.2 Å². The first kappa shape index (κ1) is 22.0. The number of hydrogen-bond acceptors (Lipinski definition) is 5. The average molecular weight is 414 g/mol. The highest BCUT2D eigenvalue weighted by Gasteiger charge is 2.32. The Bertz CT molecular complexity index is 646. The SMILES string of the molecule is COCCNC(=O)CSc1ccccc1C(=O)N1CCC2CCC(C1)N2.Cl. The number of hydrogen-bond donors (Lipinski definition) is 2. The minimum absolute atomic E-state index is 0. The van der Waals surface area contributed by atoms with Gasteiger partial charge in [0.15, 0.2) is 0 Å². The third kappa shape index (κ3) is 6.10. The van der Waals surface area contributed by atoms with Crippen LogP contribution in [0.2, 0.25) is 0 Å². The quantitative estimate of drug-likeness (QED) is 0.528. The highest BCUT2D eigenvalue weighted by molar-refractivity contribution is 8.00. The fraction of sp³-hybridized carbons (Fsp3) is 0.579. The summed E-state index contributed by atoms with van der Waals surface area (Å²) in [7, 11) is 1.60. The van der Waals surface area contributed by atoms with Gasteiger partial charge in [0, 0.05) is 43.7 Å². The van der Waals surface area contributed by atoms with Gasteiger partial charge in [0.25, 0.3) is 5.91 Å². The minimum atomic E-state index is -0.0504. The first-order valence-corrected chi connectivity index (χ1v) is 10.2. The minimum Gasteiger partial charge on any atom is -0.383 e. The highest BCUT2D eigenvalue weighted by atomic mass is 35.5. The number of halogens is 1. The van der Waals surface area contributed by atoms with Gasteiger partial charge in [0.2, 0.25) is 5.91 Å². The lowest BCUT2D eigenvalue weighted by Gasteiger charge is -2.25. The van der Waals surface area contributed by atoms with Crippen LogP contribution in [-0.4, -0.2) is 67.9 Å². The molecule has 2 N–H and O–H groups in total. The largest absolute Gasteiger partial charge is 0.383 e. The van der Waals surface area contributed by atoms with Gasteiger partial charge >= 0.3 is 0 Å². The topological polar surface area (TPSA) is 70.7 Å². The second kappa shape index (κ2) is 10.9. The number of methoxy groups -OCH3 is 1. The molecule has 27 heavy (non-hydrogen) atoms. The van der Waals surface area contributed by atoms with Crippen LogP contribution in [0, 0.1) is 0 Å². The van der Waals surface area contributed by atoms with Gasteiger partial charge in [-0.25, -0.2) is 0 Å². The van der Waals surface area contributed by atoms with Gasteiger partial charge in [-0.3, -0.25) is 9.59 Å². The van der Waals surface area contributed by atoms with Gasteiger partial charge in [0.1, 0.15) is 0 Å². The zero-order valence-corrected chi connectivity index (χ0v) is 17.2. The first-order chi connectivity index (χ1) is 12.7. The summed E-state index contributed by atoms with van der Waals surface area (Å²) >= 11 is 1.41. The van der Waals surface area contributed by atoms with Crippen molar-refractivity contribution < 1.29 is 14.3 Å². The Hall–Kier alpha value is -1.28. The van der Waals surface area contributed by atoms with E-state index in [2.05, 4.69) is 10.6 Å². The Balaban J connectivity index is 0.00000261. The van der Waals surface area contributed by atoms with Crippen LogP contribution in [0.5, 0.6) is 0 Å². The normalized spacial score (nSPS) is 21.3. The molecule has 2 bridgehead atoms. The highest BCUT2D eigenvalue weighted by Crippen LogP contribution is 2.26. The van der Waals surface area contributed by atoms with E-state index < -0.39 is 0 Å². The predicted octanol–water partition coefficient (Wildman–Crippen LogP) is 1.93. The molecule has 1 aromatic carbocycles. The van der Waals surface area contributed by atoms with Crippen molar-refractivity contribution in [3.05, 3.63) is 29.8 Å². The predicted molar refractivity (Wildman–Crippen MR) is 110 cm³/mol. The molecule has 150 valence electrons. The lowest BCUT2D eigenvalue weighted by atomic mass is 10.1. The third-order valence-corrected chi connectivity index (χ3v) is 5.99. The fourth-order valence-corrected chi connectivity index (χ4v) is 4.43. The van der Waals surface area contributed by atoms with E-state index in [9.17, 15) is 9.59 Å². The monoisotopic (exact) mass is 413 g/mol. The smallest absolute Gasteiger partial charge is 0.255 e. The van der Waals surface area contributed by atoms with E-state index in [-0.39, 0.29) is 24.2 Å². The number of nitrogens with one attached hydrogen (secondary N) is 2. The molecule has 0 spiro atoms. The van der Waals surface area contributed by atoms with Crippen molar-refractivity contribution in [2.24, 2.45) is 0 Å². The van der Waals surface area contributed by atoms with Crippen LogP contribution < -0.4 is 10.6 Å². The molecule has 8 heteroatoms. The fourth-order valence-electron chi connectivity index (χ4n) is 3.55. The maximum atomic E-state index is 13.1. The molecule has 1 aromatic rings. The zero-order chi connectivity index (χ0) is 18.4. The molecule has 2 aliphatic heterocycles. The van der Waals surface area contributed by atoms with Gasteiger partial charge in [0.05, 0.1) is 17.9 Å². The van der Waals surface area contributed by atoms with Crippen molar-refractivity contribution in [1.29, 1.82) is 0 Å². The van der Waals surface area contributed by atoms with Gasteiger partial charge in [-0.1, -0.05) is 12.1 Å². The Morgan fingerprint density at radius 1 is 1.26 bits per heavy atom. The number of ether oxygens (including phenoxy) is 1. The molecule has 2 amide bonds. The van der Waals surface area contributed by atoms with Gasteiger partial charge in [-0.05, 0) is 31.4 Å². The van der Waals surface area contributed by atoms with Crippen LogP contribution in [0.15, 0.2) is 29.2 Å². The molecule has 2 unspecified atom stereocenters. The molecule has 6 nitrogen and oxygen atoms in total. The third-order valence-electron chi connectivity index (χ3n) is 4.92. The number of rotatable bonds is 7. The number of nitrogens with zero attached hydrogens (tertiary/aromatic N) is 1. The van der Waals surface area contributed by atoms with Gasteiger partial charge in [-0.15, -0.1) is 24.2 Å². The van der Waals surface area contributed by atoms with Gasteiger partial charge in [-0.2, -0.15) is 0 Å². The summed E-state index contributed by atoms with van der Waals surface area (Å²) in [6.07, 6.45) is 3.38. The Labute approximate surface area is 171 Å². The number of amides is 2. The average Bonchev–Trinajstić information content (AvgIpc) is 2.98. The number of carbonyl (C=O) groups excluding carboxylic acids is 2. The summed E-state index contributed by atoms with van der Waals surface area (Å²) in [6.45, 7) is 2.56. The van der Waals surface area contributed by atoms with Crippen LogP contribution in [0.3, 0.4) is 0 Å². The molecule has 0 saturated carbocycles. The maximum absolute atomic E-state index is 13.1. The lowest BCUT2D eigenvalue weighted by Crippen LogP contribution is -2.39. The Morgan fingerprint density at radius 3 is 2.85 bits per heavy atom. The van der Waals surface area contributed by atoms with Crippen LogP contribution in [0.25, 0.3) is 0 Å². The van der Waals surface area contributed by atoms with Crippen molar-refractivity contribution in [3.8, 4) is 0 Å². The molecule has 0 aromatic heterocycles. The summed E-state index contributed by atoms with van der Waals surface area (Å²) < 4.78 is 4.93. The molecule has 2 fully saturated rings. The molecule has 2 atom stereocenters. The molecule has 0 aliphatic carbocycles. The van der Waals surface area contributed by atoms with Crippen LogP contribution in [-0.2, 0) is 9.53 Å². The van der Waals surface area contributed by atoms with Crippen LogP contribution in [0.1, 0.15) is 29.6 Å². The van der Waals surface area contributed by atoms with Crippen molar-refractivity contribution in [3.63, 3.8) is 0 Å². The standard InChI is InChI=1S/C19H27N3O3S.ClH/c1-25-11-9-20-18(23)13-26-17-5-3-2-4-16(17)19(24)22-10-8-14-6-7-15(12-22)21-14;/h2-5,14-15,21H,6-13H2,1H3,(H,20,23);1H. The number of carbonyl (C=O) groups is 2. The molecule has 3 rings (SSSR count). The van der Waals surface area contributed by atoms with E-state index >= 15 is 0 Å². The lowest BCUT2D eigenvalue weighted by molar-refractivity contribution is -0.118. The van der Waals surface area contributed by atoms with E-state index in [0.29, 0.717) is 36.6 Å². The van der Waals surface area contributed by atoms with E-state index in [0.717, 1.165) is 30.8 Å². The van der Waals surface area contributed by atoms with Crippen LogP contribution >= 0.6 is 24.2 Å². The Kier molecular flexibility index (Phi) is 8.89. The molecular weight excluding hydrogens is 386 g/mol. The number of likely N-dealkylation sites (tertiary alicyclic amines) is 1. The van der Waals surface area contributed by atoms with Crippen LogP contribution in [0.4, 0.5) is 0 Å². The maximum Gasteiger partial charge on any atom is 0.255 e. The Morgan fingerprint density at radius 2 is 2.04 bits per heavy atom. The number of fused-ring (bicyclic) bond motifs is 2. The summed E-state index contributed by atoms with van der Waals surface area (Å²) in [6, 6.07) is 8.55. The van der Waals surface area contributed by atoms with Crippen molar-refractivity contribution in [1.82, 2.24) is 15.5 Å². The number of benzene rings is 1. The second-order valence-corrected chi connectivity index (χ2v) is 7.82. The molecule has 2 aliphatic rings.